The predicted molar refractivity (Wildman–Crippen MR) is 66.7 cm³/mol. The summed E-state index contributed by atoms with van der Waals surface area (Å²) in [7, 11) is 0. The topological polar surface area (TPSA) is 24.5 Å². The Bertz CT molecular complexity index is 224. The Morgan fingerprint density at radius 2 is 2.25 bits per heavy atom. The molecule has 0 spiro atoms. The van der Waals surface area contributed by atoms with E-state index in [0.717, 1.165) is 32.2 Å². The molecule has 2 heterocycles. The van der Waals surface area contributed by atoms with Crippen LogP contribution in [0.3, 0.4) is 0 Å². The van der Waals surface area contributed by atoms with Gasteiger partial charge in [-0.05, 0) is 52.6 Å². The summed E-state index contributed by atoms with van der Waals surface area (Å²) < 4.78 is 5.51. The molecule has 0 aromatic heterocycles. The minimum atomic E-state index is 0.254. The zero-order valence-corrected chi connectivity index (χ0v) is 11.0. The van der Waals surface area contributed by atoms with Crippen molar-refractivity contribution >= 4 is 0 Å². The summed E-state index contributed by atoms with van der Waals surface area (Å²) in [5, 5.41) is 3.62. The van der Waals surface area contributed by atoms with E-state index >= 15 is 0 Å². The summed E-state index contributed by atoms with van der Waals surface area (Å²) in [5.41, 5.74) is 0.254. The Balaban J connectivity index is 1.95. The van der Waals surface area contributed by atoms with Crippen LogP contribution in [0.25, 0.3) is 0 Å². The molecular formula is C13H26N2O. The van der Waals surface area contributed by atoms with Crippen LogP contribution in [0, 0.1) is 5.92 Å². The zero-order valence-electron chi connectivity index (χ0n) is 11.0. The molecule has 2 aliphatic rings. The monoisotopic (exact) mass is 226 g/mol. The second-order valence-electron chi connectivity index (χ2n) is 6.00. The molecule has 0 amide bonds. The molecule has 3 heteroatoms. The molecule has 2 fully saturated rings. The SMILES string of the molecule is CC(C1CCOC1)N1CCCNC(C)(C)C1. The molecule has 2 rings (SSSR count). The van der Waals surface area contributed by atoms with Gasteiger partial charge in [-0.3, -0.25) is 4.90 Å². The van der Waals surface area contributed by atoms with Crippen LogP contribution in [0.15, 0.2) is 0 Å². The highest BCUT2D eigenvalue weighted by Gasteiger charge is 2.31. The van der Waals surface area contributed by atoms with E-state index in [1.165, 1.54) is 19.4 Å². The third-order valence-electron chi connectivity index (χ3n) is 4.05. The minimum Gasteiger partial charge on any atom is -0.381 e. The van der Waals surface area contributed by atoms with E-state index < -0.39 is 0 Å². The van der Waals surface area contributed by atoms with Crippen LogP contribution in [-0.2, 0) is 4.74 Å². The van der Waals surface area contributed by atoms with Crippen molar-refractivity contribution in [3.63, 3.8) is 0 Å². The van der Waals surface area contributed by atoms with Crippen molar-refractivity contribution in [1.29, 1.82) is 0 Å². The lowest BCUT2D eigenvalue weighted by atomic mass is 9.97. The number of ether oxygens (including phenoxy) is 1. The highest BCUT2D eigenvalue weighted by Crippen LogP contribution is 2.23. The fourth-order valence-corrected chi connectivity index (χ4v) is 2.93. The third-order valence-corrected chi connectivity index (χ3v) is 4.05. The first-order valence-electron chi connectivity index (χ1n) is 6.65. The van der Waals surface area contributed by atoms with E-state index in [1.54, 1.807) is 0 Å². The number of hydrogen-bond acceptors (Lipinski definition) is 3. The molecule has 94 valence electrons. The summed E-state index contributed by atoms with van der Waals surface area (Å²) in [6, 6.07) is 0.668. The highest BCUT2D eigenvalue weighted by atomic mass is 16.5. The Morgan fingerprint density at radius 3 is 2.94 bits per heavy atom. The van der Waals surface area contributed by atoms with Crippen LogP contribution >= 0.6 is 0 Å². The molecule has 2 atom stereocenters. The molecule has 3 nitrogen and oxygen atoms in total. The molecule has 0 aliphatic carbocycles. The molecule has 2 saturated heterocycles. The second kappa shape index (κ2) is 5.03. The van der Waals surface area contributed by atoms with Gasteiger partial charge in [0.1, 0.15) is 0 Å². The molecule has 1 N–H and O–H groups in total. The molecule has 2 unspecified atom stereocenters. The third kappa shape index (κ3) is 2.96. The first-order valence-corrected chi connectivity index (χ1v) is 6.65. The Morgan fingerprint density at radius 1 is 1.44 bits per heavy atom. The van der Waals surface area contributed by atoms with E-state index in [2.05, 4.69) is 31.0 Å². The smallest absolute Gasteiger partial charge is 0.0509 e. The average molecular weight is 226 g/mol. The standard InChI is InChI=1S/C13H26N2O/c1-11(12-5-8-16-9-12)15-7-4-6-14-13(2,3)10-15/h11-12,14H,4-10H2,1-3H3. The van der Waals surface area contributed by atoms with Crippen molar-refractivity contribution in [2.45, 2.75) is 45.2 Å². The van der Waals surface area contributed by atoms with Gasteiger partial charge in [0, 0.05) is 24.7 Å². The van der Waals surface area contributed by atoms with Gasteiger partial charge in [-0.15, -0.1) is 0 Å². The van der Waals surface area contributed by atoms with Crippen molar-refractivity contribution in [3.8, 4) is 0 Å². The second-order valence-corrected chi connectivity index (χ2v) is 6.00. The molecular weight excluding hydrogens is 200 g/mol. The van der Waals surface area contributed by atoms with Crippen molar-refractivity contribution < 1.29 is 4.74 Å². The van der Waals surface area contributed by atoms with Crippen molar-refractivity contribution in [1.82, 2.24) is 10.2 Å². The van der Waals surface area contributed by atoms with Crippen molar-refractivity contribution in [3.05, 3.63) is 0 Å². The van der Waals surface area contributed by atoms with E-state index in [1.807, 2.05) is 0 Å². The Labute approximate surface area is 99.5 Å². The summed E-state index contributed by atoms with van der Waals surface area (Å²) in [6.45, 7) is 12.5. The quantitative estimate of drug-likeness (QED) is 0.772. The number of nitrogens with one attached hydrogen (secondary N) is 1. The summed E-state index contributed by atoms with van der Waals surface area (Å²) in [5.74, 6) is 0.744. The van der Waals surface area contributed by atoms with Gasteiger partial charge in [0.15, 0.2) is 0 Å². The molecule has 0 aromatic carbocycles. The maximum atomic E-state index is 5.51. The van der Waals surface area contributed by atoms with Gasteiger partial charge in [0.2, 0.25) is 0 Å². The maximum Gasteiger partial charge on any atom is 0.0509 e. The highest BCUT2D eigenvalue weighted by molar-refractivity contribution is 4.89. The predicted octanol–water partition coefficient (Wildman–Crippen LogP) is 1.49. The first kappa shape index (κ1) is 12.3. The van der Waals surface area contributed by atoms with Crippen LogP contribution in [0.4, 0.5) is 0 Å². The van der Waals surface area contributed by atoms with Crippen molar-refractivity contribution in [2.24, 2.45) is 5.92 Å². The number of rotatable bonds is 2. The van der Waals surface area contributed by atoms with Gasteiger partial charge in [-0.1, -0.05) is 0 Å². The maximum absolute atomic E-state index is 5.51. The first-order chi connectivity index (χ1) is 7.58. The van der Waals surface area contributed by atoms with Gasteiger partial charge >= 0.3 is 0 Å². The number of nitrogens with zero attached hydrogens (tertiary/aromatic N) is 1. The van der Waals surface area contributed by atoms with Crippen LogP contribution in [0.1, 0.15) is 33.6 Å². The molecule has 0 saturated carbocycles. The normalized spacial score (nSPS) is 33.6. The Kier molecular flexibility index (Phi) is 3.88. The van der Waals surface area contributed by atoms with E-state index in [4.69, 9.17) is 4.74 Å². The Hall–Kier alpha value is -0.120. The van der Waals surface area contributed by atoms with E-state index in [9.17, 15) is 0 Å². The molecule has 0 radical (unpaired) electrons. The van der Waals surface area contributed by atoms with Crippen LogP contribution < -0.4 is 5.32 Å². The van der Waals surface area contributed by atoms with Crippen LogP contribution in [0.5, 0.6) is 0 Å². The van der Waals surface area contributed by atoms with E-state index in [0.29, 0.717) is 6.04 Å². The average Bonchev–Trinajstić information content (AvgIpc) is 2.68. The summed E-state index contributed by atoms with van der Waals surface area (Å²) in [6.07, 6.45) is 2.51. The molecule has 0 aromatic rings. The summed E-state index contributed by atoms with van der Waals surface area (Å²) >= 11 is 0. The molecule has 0 bridgehead atoms. The summed E-state index contributed by atoms with van der Waals surface area (Å²) in [4.78, 5) is 2.65. The minimum absolute atomic E-state index is 0.254. The number of hydrogen-bond donors (Lipinski definition) is 1. The van der Waals surface area contributed by atoms with Gasteiger partial charge in [-0.25, -0.2) is 0 Å². The van der Waals surface area contributed by atoms with Crippen LogP contribution in [0.2, 0.25) is 0 Å². The largest absolute Gasteiger partial charge is 0.381 e. The van der Waals surface area contributed by atoms with Crippen molar-refractivity contribution in [2.75, 3.05) is 32.8 Å². The van der Waals surface area contributed by atoms with Crippen LogP contribution in [-0.4, -0.2) is 49.3 Å². The molecule has 2 aliphatic heterocycles. The van der Waals surface area contributed by atoms with Gasteiger partial charge in [0.25, 0.3) is 0 Å². The van der Waals surface area contributed by atoms with E-state index in [-0.39, 0.29) is 5.54 Å². The molecule has 16 heavy (non-hydrogen) atoms. The fraction of sp³-hybridized carbons (Fsp3) is 1.00. The lowest BCUT2D eigenvalue weighted by molar-refractivity contribution is 0.115. The lowest BCUT2D eigenvalue weighted by Crippen LogP contribution is -2.50. The van der Waals surface area contributed by atoms with Gasteiger partial charge in [-0.2, -0.15) is 0 Å². The zero-order chi connectivity index (χ0) is 11.6. The lowest BCUT2D eigenvalue weighted by Gasteiger charge is -2.36. The fourth-order valence-electron chi connectivity index (χ4n) is 2.93. The van der Waals surface area contributed by atoms with Gasteiger partial charge in [0.05, 0.1) is 6.61 Å². The van der Waals surface area contributed by atoms with Gasteiger partial charge < -0.3 is 10.1 Å².